The molecule has 0 radical (unpaired) electrons. The average molecular weight is 399 g/mol. The molecule has 28 heavy (non-hydrogen) atoms. The first-order valence-corrected chi connectivity index (χ1v) is 8.75. The number of aryl methyl sites for hydroxylation is 1. The first-order chi connectivity index (χ1) is 13.3. The second-order valence-electron chi connectivity index (χ2n) is 5.96. The van der Waals surface area contributed by atoms with Crippen molar-refractivity contribution in [2.24, 2.45) is 0 Å². The molecule has 0 saturated heterocycles. The van der Waals surface area contributed by atoms with E-state index in [1.54, 1.807) is 30.3 Å². The highest BCUT2D eigenvalue weighted by molar-refractivity contribution is 6.31. The molecule has 1 amide bonds. The lowest BCUT2D eigenvalue weighted by atomic mass is 10.1. The Balaban J connectivity index is 2.08. The van der Waals surface area contributed by atoms with E-state index in [9.17, 15) is 14.9 Å². The van der Waals surface area contributed by atoms with Crippen molar-refractivity contribution < 1.29 is 19.1 Å². The maximum atomic E-state index is 12.3. The van der Waals surface area contributed by atoms with E-state index in [4.69, 9.17) is 21.1 Å². The number of amides is 1. The lowest BCUT2D eigenvalue weighted by Gasteiger charge is -2.15. The highest BCUT2D eigenvalue weighted by atomic mass is 35.5. The number of hydrogen-bond donors (Lipinski definition) is 1. The maximum absolute atomic E-state index is 12.3. The SMILES string of the molecule is COc1ccc(Cl)cc1NC(=O)[C@@H](C)OC(=O)/C(C#N)=C/c1ccc(C)cc1. The summed E-state index contributed by atoms with van der Waals surface area (Å²) in [7, 11) is 1.46. The van der Waals surface area contributed by atoms with Crippen molar-refractivity contribution in [1.82, 2.24) is 0 Å². The van der Waals surface area contributed by atoms with Gasteiger partial charge in [-0.05, 0) is 43.7 Å². The number of esters is 1. The van der Waals surface area contributed by atoms with Crippen molar-refractivity contribution in [2.45, 2.75) is 20.0 Å². The molecule has 0 aromatic heterocycles. The van der Waals surface area contributed by atoms with Crippen LogP contribution in [0, 0.1) is 18.3 Å². The topological polar surface area (TPSA) is 88.4 Å². The molecule has 0 saturated carbocycles. The normalized spacial score (nSPS) is 11.9. The van der Waals surface area contributed by atoms with E-state index < -0.39 is 18.0 Å². The molecule has 0 aliphatic rings. The van der Waals surface area contributed by atoms with Crippen LogP contribution in [0.25, 0.3) is 6.08 Å². The van der Waals surface area contributed by atoms with E-state index >= 15 is 0 Å². The minimum absolute atomic E-state index is 0.205. The van der Waals surface area contributed by atoms with E-state index in [1.165, 1.54) is 26.2 Å². The van der Waals surface area contributed by atoms with Gasteiger partial charge in [-0.2, -0.15) is 5.26 Å². The predicted molar refractivity (Wildman–Crippen MR) is 107 cm³/mol. The number of nitriles is 1. The summed E-state index contributed by atoms with van der Waals surface area (Å²) in [6, 6.07) is 13.8. The zero-order valence-electron chi connectivity index (χ0n) is 15.7. The number of carbonyl (C=O) groups is 2. The smallest absolute Gasteiger partial charge is 0.349 e. The van der Waals surface area contributed by atoms with Crippen molar-refractivity contribution in [1.29, 1.82) is 5.26 Å². The summed E-state index contributed by atoms with van der Waals surface area (Å²) in [5.74, 6) is -1.06. The van der Waals surface area contributed by atoms with Gasteiger partial charge in [0.1, 0.15) is 17.4 Å². The van der Waals surface area contributed by atoms with Crippen LogP contribution in [0.5, 0.6) is 5.75 Å². The standard InChI is InChI=1S/C21H19ClN2O4/c1-13-4-6-15(7-5-13)10-16(12-23)21(26)28-14(2)20(25)24-18-11-17(22)8-9-19(18)27-3/h4-11,14H,1-3H3,(H,24,25)/b16-10+/t14-/m1/s1. The van der Waals surface area contributed by atoms with E-state index in [0.717, 1.165) is 5.56 Å². The molecule has 0 heterocycles. The van der Waals surface area contributed by atoms with Gasteiger partial charge < -0.3 is 14.8 Å². The summed E-state index contributed by atoms with van der Waals surface area (Å²) in [4.78, 5) is 24.6. The van der Waals surface area contributed by atoms with Crippen LogP contribution in [0.15, 0.2) is 48.0 Å². The Hall–Kier alpha value is -3.30. The van der Waals surface area contributed by atoms with Crippen LogP contribution in [0.3, 0.4) is 0 Å². The first kappa shape index (κ1) is 21.0. The molecular weight excluding hydrogens is 380 g/mol. The monoisotopic (exact) mass is 398 g/mol. The number of hydrogen-bond acceptors (Lipinski definition) is 5. The van der Waals surface area contributed by atoms with Gasteiger partial charge in [0.25, 0.3) is 5.91 Å². The Labute approximate surface area is 168 Å². The van der Waals surface area contributed by atoms with Crippen LogP contribution in [-0.4, -0.2) is 25.1 Å². The van der Waals surface area contributed by atoms with Crippen molar-refractivity contribution in [3.8, 4) is 11.8 Å². The van der Waals surface area contributed by atoms with Gasteiger partial charge in [-0.25, -0.2) is 4.79 Å². The molecule has 2 aromatic carbocycles. The fourth-order valence-electron chi connectivity index (χ4n) is 2.26. The molecule has 1 atom stereocenters. The van der Waals surface area contributed by atoms with Crippen LogP contribution in [-0.2, 0) is 14.3 Å². The Kier molecular flexibility index (Phi) is 7.19. The number of nitrogens with one attached hydrogen (secondary N) is 1. The molecule has 0 unspecified atom stereocenters. The van der Waals surface area contributed by atoms with E-state index in [-0.39, 0.29) is 5.57 Å². The van der Waals surface area contributed by atoms with Gasteiger partial charge in [-0.1, -0.05) is 41.4 Å². The van der Waals surface area contributed by atoms with Crippen LogP contribution in [0.2, 0.25) is 5.02 Å². The van der Waals surface area contributed by atoms with Crippen LogP contribution in [0.1, 0.15) is 18.1 Å². The minimum Gasteiger partial charge on any atom is -0.495 e. The maximum Gasteiger partial charge on any atom is 0.349 e. The van der Waals surface area contributed by atoms with Gasteiger partial charge in [-0.15, -0.1) is 0 Å². The fourth-order valence-corrected chi connectivity index (χ4v) is 2.43. The Morgan fingerprint density at radius 1 is 1.21 bits per heavy atom. The number of rotatable bonds is 6. The highest BCUT2D eigenvalue weighted by Gasteiger charge is 2.21. The minimum atomic E-state index is -1.13. The molecule has 0 aliphatic carbocycles. The van der Waals surface area contributed by atoms with Crippen LogP contribution in [0.4, 0.5) is 5.69 Å². The van der Waals surface area contributed by atoms with Crippen molar-refractivity contribution in [2.75, 3.05) is 12.4 Å². The molecule has 0 spiro atoms. The summed E-state index contributed by atoms with van der Waals surface area (Å²) >= 11 is 5.93. The largest absolute Gasteiger partial charge is 0.495 e. The number of anilines is 1. The summed E-state index contributed by atoms with van der Waals surface area (Å²) < 4.78 is 10.3. The van der Waals surface area contributed by atoms with Crippen molar-refractivity contribution >= 4 is 35.2 Å². The molecular formula is C21H19ClN2O4. The number of benzene rings is 2. The second kappa shape index (κ2) is 9.58. The second-order valence-corrected chi connectivity index (χ2v) is 6.40. The van der Waals surface area contributed by atoms with Gasteiger partial charge in [0, 0.05) is 5.02 Å². The summed E-state index contributed by atoms with van der Waals surface area (Å²) in [6.45, 7) is 3.34. The van der Waals surface area contributed by atoms with Crippen LogP contribution < -0.4 is 10.1 Å². The highest BCUT2D eigenvalue weighted by Crippen LogP contribution is 2.27. The van der Waals surface area contributed by atoms with Gasteiger partial charge in [0.05, 0.1) is 12.8 Å². The molecule has 0 bridgehead atoms. The van der Waals surface area contributed by atoms with Crippen LogP contribution >= 0.6 is 11.6 Å². The number of carbonyl (C=O) groups excluding carboxylic acids is 2. The number of methoxy groups -OCH3 is 1. The summed E-state index contributed by atoms with van der Waals surface area (Å²) in [5.41, 5.74) is 1.88. The Morgan fingerprint density at radius 2 is 1.89 bits per heavy atom. The lowest BCUT2D eigenvalue weighted by Crippen LogP contribution is -2.30. The van der Waals surface area contributed by atoms with Crippen molar-refractivity contribution in [3.05, 3.63) is 64.2 Å². The van der Waals surface area contributed by atoms with Gasteiger partial charge in [0.2, 0.25) is 0 Å². The molecule has 0 fully saturated rings. The number of nitrogens with zero attached hydrogens (tertiary/aromatic N) is 1. The fraction of sp³-hybridized carbons (Fsp3) is 0.190. The molecule has 0 aliphatic heterocycles. The third-order valence-electron chi connectivity index (χ3n) is 3.80. The first-order valence-electron chi connectivity index (χ1n) is 8.38. The Bertz CT molecular complexity index is 946. The van der Waals surface area contributed by atoms with E-state index in [1.807, 2.05) is 19.1 Å². The Morgan fingerprint density at radius 3 is 2.50 bits per heavy atom. The predicted octanol–water partition coefficient (Wildman–Crippen LogP) is 4.13. The molecule has 2 rings (SSSR count). The van der Waals surface area contributed by atoms with E-state index in [0.29, 0.717) is 22.0 Å². The number of halogens is 1. The van der Waals surface area contributed by atoms with Crippen molar-refractivity contribution in [3.63, 3.8) is 0 Å². The quantitative estimate of drug-likeness (QED) is 0.449. The molecule has 2 aromatic rings. The summed E-state index contributed by atoms with van der Waals surface area (Å²) in [5, 5.41) is 12.3. The molecule has 7 heteroatoms. The number of ether oxygens (including phenoxy) is 2. The molecule has 144 valence electrons. The zero-order chi connectivity index (χ0) is 20.7. The molecule has 6 nitrogen and oxygen atoms in total. The van der Waals surface area contributed by atoms with Gasteiger partial charge in [0.15, 0.2) is 6.10 Å². The van der Waals surface area contributed by atoms with E-state index in [2.05, 4.69) is 5.32 Å². The lowest BCUT2D eigenvalue weighted by molar-refractivity contribution is -0.148. The third kappa shape index (κ3) is 5.60. The van der Waals surface area contributed by atoms with Gasteiger partial charge >= 0.3 is 5.97 Å². The summed E-state index contributed by atoms with van der Waals surface area (Å²) in [6.07, 6.45) is 0.276. The zero-order valence-corrected chi connectivity index (χ0v) is 16.4. The van der Waals surface area contributed by atoms with Gasteiger partial charge in [-0.3, -0.25) is 4.79 Å². The molecule has 1 N–H and O–H groups in total. The average Bonchev–Trinajstić information content (AvgIpc) is 2.67. The third-order valence-corrected chi connectivity index (χ3v) is 4.04.